The van der Waals surface area contributed by atoms with Gasteiger partial charge in [-0.1, -0.05) is 6.92 Å². The van der Waals surface area contributed by atoms with Gasteiger partial charge >= 0.3 is 0 Å². The van der Waals surface area contributed by atoms with Gasteiger partial charge in [0.15, 0.2) is 0 Å². The summed E-state index contributed by atoms with van der Waals surface area (Å²) in [5, 5.41) is 0. The third-order valence-corrected chi connectivity index (χ3v) is 2.61. The van der Waals surface area contributed by atoms with E-state index in [0.717, 1.165) is 19.5 Å². The highest BCUT2D eigenvalue weighted by molar-refractivity contribution is 5.79. The van der Waals surface area contributed by atoms with Crippen LogP contribution in [-0.2, 0) is 9.53 Å². The molecule has 1 aliphatic heterocycles. The van der Waals surface area contributed by atoms with E-state index in [2.05, 4.69) is 4.90 Å². The molecular formula is C10H20N2O2. The molecule has 2 N–H and O–H groups in total. The molecule has 1 atom stereocenters. The highest BCUT2D eigenvalue weighted by atomic mass is 16.5. The fourth-order valence-electron chi connectivity index (χ4n) is 1.96. The first kappa shape index (κ1) is 11.5. The molecule has 1 heterocycles. The molecule has 1 fully saturated rings. The Kier molecular flexibility index (Phi) is 3.50. The van der Waals surface area contributed by atoms with Crippen molar-refractivity contribution in [1.82, 2.24) is 4.90 Å². The molecule has 0 aromatic carbocycles. The predicted molar refractivity (Wildman–Crippen MR) is 54.9 cm³/mol. The number of nitrogens with two attached hydrogens (primary N) is 1. The Morgan fingerprint density at radius 2 is 2.29 bits per heavy atom. The summed E-state index contributed by atoms with van der Waals surface area (Å²) >= 11 is 0. The van der Waals surface area contributed by atoms with E-state index >= 15 is 0 Å². The smallest absolute Gasteiger partial charge is 0.234 e. The summed E-state index contributed by atoms with van der Waals surface area (Å²) in [6, 6.07) is -0.141. The molecular weight excluding hydrogens is 180 g/mol. The monoisotopic (exact) mass is 200 g/mol. The first-order valence-electron chi connectivity index (χ1n) is 5.13. The first-order chi connectivity index (χ1) is 6.46. The lowest BCUT2D eigenvalue weighted by Crippen LogP contribution is -2.55. The van der Waals surface area contributed by atoms with Crippen molar-refractivity contribution in [3.05, 3.63) is 0 Å². The van der Waals surface area contributed by atoms with Crippen molar-refractivity contribution in [3.63, 3.8) is 0 Å². The Bertz CT molecular complexity index is 216. The highest BCUT2D eigenvalue weighted by Crippen LogP contribution is 2.19. The van der Waals surface area contributed by atoms with Crippen LogP contribution in [0.2, 0.25) is 0 Å². The van der Waals surface area contributed by atoms with Crippen molar-refractivity contribution in [2.45, 2.75) is 38.8 Å². The second-order valence-corrected chi connectivity index (χ2v) is 4.41. The zero-order chi connectivity index (χ0) is 10.8. The van der Waals surface area contributed by atoms with Crippen molar-refractivity contribution >= 4 is 5.91 Å². The van der Waals surface area contributed by atoms with Gasteiger partial charge in [0.1, 0.15) is 0 Å². The first-order valence-corrected chi connectivity index (χ1v) is 5.13. The third kappa shape index (κ3) is 2.69. The van der Waals surface area contributed by atoms with Crippen molar-refractivity contribution < 1.29 is 9.53 Å². The van der Waals surface area contributed by atoms with Gasteiger partial charge in [0.05, 0.1) is 18.2 Å². The number of ether oxygens (including phenoxy) is 1. The minimum atomic E-state index is -0.231. The number of hydrogen-bond donors (Lipinski definition) is 1. The van der Waals surface area contributed by atoms with Crippen LogP contribution < -0.4 is 5.73 Å². The summed E-state index contributed by atoms with van der Waals surface area (Å²) in [4.78, 5) is 13.3. The molecule has 0 radical (unpaired) electrons. The van der Waals surface area contributed by atoms with Crippen LogP contribution in [0.4, 0.5) is 0 Å². The van der Waals surface area contributed by atoms with E-state index in [-0.39, 0.29) is 17.6 Å². The standard InChI is InChI=1S/C10H20N2O2/c1-4-8(9(11)13)12-5-6-14-10(2,3)7-12/h8H,4-7H2,1-3H3,(H2,11,13). The van der Waals surface area contributed by atoms with E-state index in [0.29, 0.717) is 6.61 Å². The van der Waals surface area contributed by atoms with Crippen LogP contribution in [-0.4, -0.2) is 42.1 Å². The number of morpholine rings is 1. The molecule has 4 nitrogen and oxygen atoms in total. The van der Waals surface area contributed by atoms with E-state index in [1.54, 1.807) is 0 Å². The number of rotatable bonds is 3. The number of hydrogen-bond acceptors (Lipinski definition) is 3. The number of carbonyl (C=O) groups is 1. The molecule has 0 saturated carbocycles. The fraction of sp³-hybridized carbons (Fsp3) is 0.900. The number of nitrogens with zero attached hydrogens (tertiary/aromatic N) is 1. The van der Waals surface area contributed by atoms with Crippen molar-refractivity contribution in [1.29, 1.82) is 0 Å². The van der Waals surface area contributed by atoms with Gasteiger partial charge in [-0.05, 0) is 20.3 Å². The average molecular weight is 200 g/mol. The Balaban J connectivity index is 2.62. The normalized spacial score (nSPS) is 24.5. The molecule has 1 rings (SSSR count). The number of primary amides is 1. The maximum absolute atomic E-state index is 11.2. The van der Waals surface area contributed by atoms with Gasteiger partial charge in [-0.25, -0.2) is 0 Å². The van der Waals surface area contributed by atoms with Gasteiger partial charge < -0.3 is 10.5 Å². The molecule has 1 unspecified atom stereocenters. The van der Waals surface area contributed by atoms with Crippen LogP contribution in [0.1, 0.15) is 27.2 Å². The van der Waals surface area contributed by atoms with Crippen LogP contribution in [0.3, 0.4) is 0 Å². The lowest BCUT2D eigenvalue weighted by atomic mass is 10.0. The molecule has 0 aromatic rings. The average Bonchev–Trinajstić information content (AvgIpc) is 2.02. The molecule has 4 heteroatoms. The second-order valence-electron chi connectivity index (χ2n) is 4.41. The lowest BCUT2D eigenvalue weighted by Gasteiger charge is -2.40. The molecule has 82 valence electrons. The van der Waals surface area contributed by atoms with E-state index in [4.69, 9.17) is 10.5 Å². The Morgan fingerprint density at radius 1 is 1.64 bits per heavy atom. The summed E-state index contributed by atoms with van der Waals surface area (Å²) < 4.78 is 5.58. The van der Waals surface area contributed by atoms with Gasteiger partial charge in [0, 0.05) is 13.1 Å². The fourth-order valence-corrected chi connectivity index (χ4v) is 1.96. The summed E-state index contributed by atoms with van der Waals surface area (Å²) in [5.41, 5.74) is 5.18. The van der Waals surface area contributed by atoms with Gasteiger partial charge in [-0.15, -0.1) is 0 Å². The summed E-state index contributed by atoms with van der Waals surface area (Å²) in [5.74, 6) is -0.231. The molecule has 1 aliphatic rings. The third-order valence-electron chi connectivity index (χ3n) is 2.61. The minimum Gasteiger partial charge on any atom is -0.373 e. The molecule has 0 spiro atoms. The summed E-state index contributed by atoms with van der Waals surface area (Å²) in [6.07, 6.45) is 0.769. The van der Waals surface area contributed by atoms with Crippen LogP contribution in [0.5, 0.6) is 0 Å². The minimum absolute atomic E-state index is 0.141. The van der Waals surface area contributed by atoms with Gasteiger partial charge in [0.25, 0.3) is 0 Å². The zero-order valence-electron chi connectivity index (χ0n) is 9.25. The van der Waals surface area contributed by atoms with Crippen LogP contribution in [0, 0.1) is 0 Å². The number of amides is 1. The number of carbonyl (C=O) groups excluding carboxylic acids is 1. The van der Waals surface area contributed by atoms with Crippen LogP contribution >= 0.6 is 0 Å². The van der Waals surface area contributed by atoms with Crippen LogP contribution in [0.15, 0.2) is 0 Å². The maximum atomic E-state index is 11.2. The molecule has 0 aliphatic carbocycles. The Hall–Kier alpha value is -0.610. The van der Waals surface area contributed by atoms with Crippen molar-refractivity contribution in [2.24, 2.45) is 5.73 Å². The quantitative estimate of drug-likeness (QED) is 0.715. The van der Waals surface area contributed by atoms with Crippen molar-refractivity contribution in [2.75, 3.05) is 19.7 Å². The highest BCUT2D eigenvalue weighted by Gasteiger charge is 2.32. The largest absolute Gasteiger partial charge is 0.373 e. The molecule has 0 bridgehead atoms. The van der Waals surface area contributed by atoms with E-state index < -0.39 is 0 Å². The molecule has 1 amide bonds. The summed E-state index contributed by atoms with van der Waals surface area (Å²) in [6.45, 7) is 8.30. The Labute approximate surface area is 85.4 Å². The zero-order valence-corrected chi connectivity index (χ0v) is 9.25. The molecule has 0 aromatic heterocycles. The maximum Gasteiger partial charge on any atom is 0.234 e. The van der Waals surface area contributed by atoms with Gasteiger partial charge in [-0.3, -0.25) is 9.69 Å². The van der Waals surface area contributed by atoms with E-state index in [1.165, 1.54) is 0 Å². The molecule has 1 saturated heterocycles. The SMILES string of the molecule is CCC(C(N)=O)N1CCOC(C)(C)C1. The summed E-state index contributed by atoms with van der Waals surface area (Å²) in [7, 11) is 0. The van der Waals surface area contributed by atoms with Gasteiger partial charge in [-0.2, -0.15) is 0 Å². The molecule has 14 heavy (non-hydrogen) atoms. The van der Waals surface area contributed by atoms with Gasteiger partial charge in [0.2, 0.25) is 5.91 Å². The van der Waals surface area contributed by atoms with Crippen LogP contribution in [0.25, 0.3) is 0 Å². The topological polar surface area (TPSA) is 55.6 Å². The lowest BCUT2D eigenvalue weighted by molar-refractivity contribution is -0.132. The second kappa shape index (κ2) is 4.28. The van der Waals surface area contributed by atoms with E-state index in [9.17, 15) is 4.79 Å². The Morgan fingerprint density at radius 3 is 2.71 bits per heavy atom. The predicted octanol–water partition coefficient (Wildman–Crippen LogP) is 0.361. The van der Waals surface area contributed by atoms with E-state index in [1.807, 2.05) is 20.8 Å². The van der Waals surface area contributed by atoms with Crippen molar-refractivity contribution in [3.8, 4) is 0 Å².